The molecule has 2 aromatic carbocycles. The van der Waals surface area contributed by atoms with Gasteiger partial charge >= 0.3 is 0 Å². The lowest BCUT2D eigenvalue weighted by Crippen LogP contribution is -2.43. The van der Waals surface area contributed by atoms with Crippen LogP contribution in [0.5, 0.6) is 0 Å². The molecule has 3 amide bonds. The van der Waals surface area contributed by atoms with Crippen molar-refractivity contribution in [2.75, 3.05) is 11.4 Å². The maximum Gasteiger partial charge on any atom is 0.249 e. The van der Waals surface area contributed by atoms with E-state index in [0.717, 1.165) is 27.8 Å². The van der Waals surface area contributed by atoms with Crippen LogP contribution in [0.15, 0.2) is 60.7 Å². The van der Waals surface area contributed by atoms with Gasteiger partial charge in [-0.1, -0.05) is 66.0 Å². The SMILES string of the molecule is Cc1cccc2sc(N(Cc3ccccc3)C(=O)CN3C(=O)[C@H]4[C@H](C3=O)[C@H]3C=C[C@H]4C3)nc12. The Morgan fingerprint density at radius 3 is 2.39 bits per heavy atom. The Labute approximate surface area is 195 Å². The molecule has 2 heterocycles. The lowest BCUT2D eigenvalue weighted by Gasteiger charge is -2.23. The number of anilines is 1. The number of hydrogen-bond donors (Lipinski definition) is 0. The smallest absolute Gasteiger partial charge is 0.249 e. The number of thiazole rings is 1. The third kappa shape index (κ3) is 3.22. The molecule has 1 saturated heterocycles. The van der Waals surface area contributed by atoms with E-state index in [2.05, 4.69) is 12.2 Å². The van der Waals surface area contributed by atoms with E-state index in [0.29, 0.717) is 11.7 Å². The fourth-order valence-electron chi connectivity index (χ4n) is 5.56. The summed E-state index contributed by atoms with van der Waals surface area (Å²) in [5, 5.41) is 0.578. The van der Waals surface area contributed by atoms with Crippen molar-refractivity contribution < 1.29 is 14.4 Å². The van der Waals surface area contributed by atoms with E-state index in [-0.39, 0.29) is 47.9 Å². The Kier molecular flexibility index (Phi) is 4.69. The zero-order valence-corrected chi connectivity index (χ0v) is 19.0. The highest BCUT2D eigenvalue weighted by Crippen LogP contribution is 2.52. The molecular weight excluding hydrogens is 434 g/mol. The molecule has 33 heavy (non-hydrogen) atoms. The molecule has 0 N–H and O–H groups in total. The number of aromatic nitrogens is 1. The van der Waals surface area contributed by atoms with Crippen LogP contribution in [0.3, 0.4) is 0 Å². The van der Waals surface area contributed by atoms with Gasteiger partial charge in [-0.2, -0.15) is 0 Å². The van der Waals surface area contributed by atoms with Crippen molar-refractivity contribution in [3.63, 3.8) is 0 Å². The van der Waals surface area contributed by atoms with Crippen molar-refractivity contribution in [3.05, 3.63) is 71.8 Å². The molecule has 1 aromatic heterocycles. The monoisotopic (exact) mass is 457 g/mol. The van der Waals surface area contributed by atoms with Gasteiger partial charge in [-0.05, 0) is 42.4 Å². The van der Waals surface area contributed by atoms with Gasteiger partial charge in [-0.25, -0.2) is 4.98 Å². The quantitative estimate of drug-likeness (QED) is 0.430. The molecule has 6 rings (SSSR count). The van der Waals surface area contributed by atoms with Gasteiger partial charge in [0.15, 0.2) is 5.13 Å². The number of benzene rings is 2. The van der Waals surface area contributed by atoms with Crippen LogP contribution in [0, 0.1) is 30.6 Å². The molecule has 0 unspecified atom stereocenters. The fraction of sp³-hybridized carbons (Fsp3) is 0.308. The average Bonchev–Trinajstić information content (AvgIpc) is 3.59. The second-order valence-corrected chi connectivity index (χ2v) is 10.2. The van der Waals surface area contributed by atoms with Gasteiger partial charge in [-0.3, -0.25) is 24.2 Å². The van der Waals surface area contributed by atoms with Crippen LogP contribution in [0.25, 0.3) is 10.2 Å². The van der Waals surface area contributed by atoms with E-state index < -0.39 is 0 Å². The maximum absolute atomic E-state index is 13.6. The van der Waals surface area contributed by atoms with Gasteiger partial charge < -0.3 is 0 Å². The molecule has 2 aliphatic carbocycles. The minimum atomic E-state index is -0.298. The summed E-state index contributed by atoms with van der Waals surface area (Å²) in [5.41, 5.74) is 2.87. The van der Waals surface area contributed by atoms with Crippen molar-refractivity contribution in [2.45, 2.75) is 19.9 Å². The lowest BCUT2D eigenvalue weighted by atomic mass is 9.85. The summed E-state index contributed by atoms with van der Waals surface area (Å²) < 4.78 is 1.00. The van der Waals surface area contributed by atoms with Crippen molar-refractivity contribution in [2.24, 2.45) is 23.7 Å². The number of carbonyl (C=O) groups is 3. The molecule has 4 atom stereocenters. The summed E-state index contributed by atoms with van der Waals surface area (Å²) in [6.07, 6.45) is 5.00. The fourth-order valence-corrected chi connectivity index (χ4v) is 6.62. The first-order valence-corrected chi connectivity index (χ1v) is 12.1. The topological polar surface area (TPSA) is 70.6 Å². The maximum atomic E-state index is 13.6. The summed E-state index contributed by atoms with van der Waals surface area (Å²) in [5.74, 6) is -1.03. The zero-order chi connectivity index (χ0) is 22.7. The van der Waals surface area contributed by atoms with Crippen LogP contribution in [-0.2, 0) is 20.9 Å². The van der Waals surface area contributed by atoms with Gasteiger partial charge in [0.2, 0.25) is 17.7 Å². The van der Waals surface area contributed by atoms with Crippen molar-refractivity contribution >= 4 is 44.4 Å². The van der Waals surface area contributed by atoms with Crippen LogP contribution >= 0.6 is 11.3 Å². The molecule has 7 heteroatoms. The number of allylic oxidation sites excluding steroid dienone is 2. The number of nitrogens with zero attached hydrogens (tertiary/aromatic N) is 3. The number of fused-ring (bicyclic) bond motifs is 6. The van der Waals surface area contributed by atoms with Gasteiger partial charge in [0.05, 0.1) is 28.6 Å². The molecule has 3 aliphatic rings. The van der Waals surface area contributed by atoms with E-state index in [9.17, 15) is 14.4 Å². The second kappa shape index (κ2) is 7.63. The zero-order valence-electron chi connectivity index (χ0n) is 18.2. The predicted octanol–water partition coefficient (Wildman–Crippen LogP) is 3.95. The Morgan fingerprint density at radius 2 is 1.73 bits per heavy atom. The molecule has 1 aliphatic heterocycles. The van der Waals surface area contributed by atoms with Gasteiger partial charge in [-0.15, -0.1) is 0 Å². The highest BCUT2D eigenvalue weighted by atomic mass is 32.1. The molecule has 2 bridgehead atoms. The summed E-state index contributed by atoms with van der Waals surface area (Å²) >= 11 is 1.45. The molecule has 1 saturated carbocycles. The summed E-state index contributed by atoms with van der Waals surface area (Å²) in [6, 6.07) is 15.7. The number of rotatable bonds is 5. The van der Waals surface area contributed by atoms with E-state index in [4.69, 9.17) is 4.98 Å². The molecule has 0 spiro atoms. The first-order valence-electron chi connectivity index (χ1n) is 11.3. The number of hydrogen-bond acceptors (Lipinski definition) is 5. The second-order valence-electron chi connectivity index (χ2n) is 9.15. The molecule has 6 nitrogen and oxygen atoms in total. The van der Waals surface area contributed by atoms with Crippen LogP contribution < -0.4 is 4.90 Å². The van der Waals surface area contributed by atoms with E-state index >= 15 is 0 Å². The van der Waals surface area contributed by atoms with Crippen LogP contribution in [0.4, 0.5) is 5.13 Å². The largest absolute Gasteiger partial charge is 0.282 e. The van der Waals surface area contributed by atoms with E-state index in [1.807, 2.05) is 55.5 Å². The average molecular weight is 458 g/mol. The Hall–Kier alpha value is -3.32. The number of aryl methyl sites for hydroxylation is 1. The number of amides is 3. The minimum absolute atomic E-state index is 0.129. The lowest BCUT2D eigenvalue weighted by molar-refractivity contribution is -0.143. The molecular formula is C26H23N3O3S. The highest BCUT2D eigenvalue weighted by molar-refractivity contribution is 7.22. The van der Waals surface area contributed by atoms with Gasteiger partial charge in [0.25, 0.3) is 0 Å². The van der Waals surface area contributed by atoms with Gasteiger partial charge in [0, 0.05) is 0 Å². The van der Waals surface area contributed by atoms with Crippen LogP contribution in [-0.4, -0.2) is 34.2 Å². The molecule has 2 fully saturated rings. The van der Waals surface area contributed by atoms with Crippen molar-refractivity contribution in [3.8, 4) is 0 Å². The molecule has 3 aromatic rings. The van der Waals surface area contributed by atoms with Crippen molar-refractivity contribution in [1.29, 1.82) is 0 Å². The number of para-hydroxylation sites is 1. The third-order valence-corrected chi connectivity index (χ3v) is 8.22. The number of carbonyl (C=O) groups excluding carboxylic acids is 3. The van der Waals surface area contributed by atoms with Crippen molar-refractivity contribution in [1.82, 2.24) is 9.88 Å². The molecule has 0 radical (unpaired) electrons. The molecule has 166 valence electrons. The van der Waals surface area contributed by atoms with Crippen LogP contribution in [0.1, 0.15) is 17.5 Å². The Bertz CT molecular complexity index is 1280. The van der Waals surface area contributed by atoms with Crippen LogP contribution in [0.2, 0.25) is 0 Å². The predicted molar refractivity (Wildman–Crippen MR) is 126 cm³/mol. The number of likely N-dealkylation sites (tertiary alicyclic amines) is 1. The Balaban J connectivity index is 1.31. The minimum Gasteiger partial charge on any atom is -0.282 e. The standard InChI is InChI=1S/C26H23N3O3S/c1-15-6-5-9-19-23(15)27-26(33-19)28(13-16-7-3-2-4-8-16)20(30)14-29-24(31)21-17-10-11-18(12-17)22(21)25(29)32/h2-11,17-18,21-22H,12-14H2,1H3/t17-,18-,21+,22+/m0/s1. The summed E-state index contributed by atoms with van der Waals surface area (Å²) in [4.78, 5) is 47.4. The first kappa shape index (κ1) is 20.3. The third-order valence-electron chi connectivity index (χ3n) is 7.18. The highest BCUT2D eigenvalue weighted by Gasteiger charge is 2.59. The summed E-state index contributed by atoms with van der Waals surface area (Å²) in [6.45, 7) is 2.08. The normalized spacial score (nSPS) is 25.3. The summed E-state index contributed by atoms with van der Waals surface area (Å²) in [7, 11) is 0. The number of imide groups is 1. The van der Waals surface area contributed by atoms with Gasteiger partial charge in [0.1, 0.15) is 6.54 Å². The van der Waals surface area contributed by atoms with E-state index in [1.165, 1.54) is 16.2 Å². The Morgan fingerprint density at radius 1 is 1.03 bits per heavy atom. The first-order chi connectivity index (χ1) is 16.0. The van der Waals surface area contributed by atoms with E-state index in [1.54, 1.807) is 4.90 Å².